The first-order valence-corrected chi connectivity index (χ1v) is 15.8. The Labute approximate surface area is 255 Å². The molecule has 0 amide bonds. The highest BCUT2D eigenvalue weighted by Crippen LogP contribution is 2.23. The van der Waals surface area contributed by atoms with Crippen LogP contribution in [-0.4, -0.2) is 43.1 Å². The molecule has 9 nitrogen and oxygen atoms in total. The van der Waals surface area contributed by atoms with Crippen LogP contribution < -0.4 is 14.2 Å². The van der Waals surface area contributed by atoms with E-state index in [1.54, 1.807) is 37.2 Å². The van der Waals surface area contributed by atoms with Gasteiger partial charge in [0, 0.05) is 35.7 Å². The van der Waals surface area contributed by atoms with Gasteiger partial charge in [-0.3, -0.25) is 0 Å². The zero-order chi connectivity index (χ0) is 30.0. The van der Waals surface area contributed by atoms with Crippen LogP contribution in [-0.2, 0) is 0 Å². The van der Waals surface area contributed by atoms with Gasteiger partial charge in [-0.15, -0.1) is 0 Å². The molecule has 0 fully saturated rings. The Kier molecular flexibility index (Phi) is 13.6. The van der Waals surface area contributed by atoms with E-state index >= 15 is 0 Å². The molecule has 0 spiro atoms. The second-order valence-electron chi connectivity index (χ2n) is 10.6. The Morgan fingerprint density at radius 2 is 0.837 bits per heavy atom. The number of ether oxygens (including phenoxy) is 3. The second kappa shape index (κ2) is 18.4. The fourth-order valence-electron chi connectivity index (χ4n) is 4.49. The fourth-order valence-corrected chi connectivity index (χ4v) is 4.49. The zero-order valence-electron chi connectivity index (χ0n) is 25.6. The summed E-state index contributed by atoms with van der Waals surface area (Å²) in [5, 5.41) is 0. The number of unbranched alkanes of at least 4 members (excludes halogenated alkanes) is 10. The summed E-state index contributed by atoms with van der Waals surface area (Å²) >= 11 is 0. The molecule has 4 heterocycles. The van der Waals surface area contributed by atoms with Gasteiger partial charge < -0.3 is 14.2 Å². The average Bonchev–Trinajstić information content (AvgIpc) is 3.05. The summed E-state index contributed by atoms with van der Waals surface area (Å²) in [7, 11) is 0. The maximum absolute atomic E-state index is 5.85. The van der Waals surface area contributed by atoms with Gasteiger partial charge in [0.15, 0.2) is 23.1 Å². The second-order valence-corrected chi connectivity index (χ2v) is 10.6. The van der Waals surface area contributed by atoms with Crippen molar-refractivity contribution >= 4 is 0 Å². The molecule has 4 aromatic heterocycles. The smallest absolute Gasteiger partial charge is 0.213 e. The maximum Gasteiger partial charge on any atom is 0.213 e. The number of pyridine rings is 2. The first-order chi connectivity index (χ1) is 21.2. The van der Waals surface area contributed by atoms with Crippen LogP contribution in [0.5, 0.6) is 23.3 Å². The van der Waals surface area contributed by atoms with E-state index in [1.165, 1.54) is 64.2 Å². The number of hydrogen-bond acceptors (Lipinski definition) is 9. The predicted octanol–water partition coefficient (Wildman–Crippen LogP) is 8.66. The number of nitrogens with zero attached hydrogens (tertiary/aromatic N) is 6. The van der Waals surface area contributed by atoms with Gasteiger partial charge in [-0.05, 0) is 25.0 Å². The molecule has 0 N–H and O–H groups in total. The predicted molar refractivity (Wildman–Crippen MR) is 168 cm³/mol. The van der Waals surface area contributed by atoms with Crippen molar-refractivity contribution in [3.05, 3.63) is 61.4 Å². The Bertz CT molecular complexity index is 1200. The lowest BCUT2D eigenvalue weighted by molar-refractivity contribution is 0.293. The van der Waals surface area contributed by atoms with Crippen molar-refractivity contribution in [1.29, 1.82) is 0 Å². The highest BCUT2D eigenvalue weighted by atomic mass is 16.5. The monoisotopic (exact) mass is 584 g/mol. The van der Waals surface area contributed by atoms with E-state index < -0.39 is 0 Å². The molecule has 0 bridgehead atoms. The van der Waals surface area contributed by atoms with Crippen LogP contribution in [0.25, 0.3) is 22.8 Å². The van der Waals surface area contributed by atoms with Crippen LogP contribution in [0.4, 0.5) is 0 Å². The fraction of sp³-hybridized carbons (Fsp3) is 0.471. The van der Waals surface area contributed by atoms with Crippen LogP contribution in [0.3, 0.4) is 0 Å². The quantitative estimate of drug-likeness (QED) is 0.0943. The van der Waals surface area contributed by atoms with E-state index in [-0.39, 0.29) is 0 Å². The molecule has 0 saturated heterocycles. The summed E-state index contributed by atoms with van der Waals surface area (Å²) in [5.41, 5.74) is 1.61. The van der Waals surface area contributed by atoms with Crippen LogP contribution >= 0.6 is 0 Å². The Morgan fingerprint density at radius 1 is 0.442 bits per heavy atom. The minimum atomic E-state index is 0.487. The molecule has 228 valence electrons. The largest absolute Gasteiger partial charge is 0.478 e. The van der Waals surface area contributed by atoms with E-state index in [1.807, 2.05) is 24.3 Å². The highest BCUT2D eigenvalue weighted by Gasteiger charge is 2.08. The van der Waals surface area contributed by atoms with Crippen LogP contribution in [0, 0.1) is 0 Å². The van der Waals surface area contributed by atoms with Gasteiger partial charge in [-0.25, -0.2) is 29.9 Å². The third-order valence-electron chi connectivity index (χ3n) is 6.98. The lowest BCUT2D eigenvalue weighted by Gasteiger charge is -2.08. The summed E-state index contributed by atoms with van der Waals surface area (Å²) in [5.74, 6) is 3.32. The molecule has 0 atom stereocenters. The first kappa shape index (κ1) is 31.8. The third kappa shape index (κ3) is 11.2. The lowest BCUT2D eigenvalue weighted by atomic mass is 10.1. The van der Waals surface area contributed by atoms with E-state index in [0.717, 1.165) is 24.0 Å². The van der Waals surface area contributed by atoms with Crippen LogP contribution in [0.2, 0.25) is 0 Å². The van der Waals surface area contributed by atoms with E-state index in [4.69, 9.17) is 14.2 Å². The highest BCUT2D eigenvalue weighted by molar-refractivity contribution is 5.55. The third-order valence-corrected chi connectivity index (χ3v) is 6.98. The van der Waals surface area contributed by atoms with Gasteiger partial charge in [-0.2, -0.15) is 0 Å². The molecule has 43 heavy (non-hydrogen) atoms. The molecule has 0 radical (unpaired) electrons. The van der Waals surface area contributed by atoms with E-state index in [9.17, 15) is 0 Å². The Balaban J connectivity index is 1.20. The molecule has 9 heteroatoms. The van der Waals surface area contributed by atoms with Crippen LogP contribution in [0.15, 0.2) is 61.4 Å². The molecule has 0 aliphatic rings. The van der Waals surface area contributed by atoms with E-state index in [2.05, 4.69) is 43.8 Å². The van der Waals surface area contributed by atoms with Gasteiger partial charge in [-0.1, -0.05) is 78.1 Å². The van der Waals surface area contributed by atoms with Crippen molar-refractivity contribution in [3.8, 4) is 46.0 Å². The zero-order valence-corrected chi connectivity index (χ0v) is 25.6. The molecule has 0 aliphatic carbocycles. The normalized spacial score (nSPS) is 10.9. The summed E-state index contributed by atoms with van der Waals surface area (Å²) in [6.45, 7) is 5.83. The maximum atomic E-state index is 5.85. The summed E-state index contributed by atoms with van der Waals surface area (Å²) in [4.78, 5) is 26.5. The number of aromatic nitrogens is 6. The lowest BCUT2D eigenvalue weighted by Crippen LogP contribution is -1.99. The Hall–Kier alpha value is -4.14. The van der Waals surface area contributed by atoms with Crippen molar-refractivity contribution in [2.45, 2.75) is 90.9 Å². The molecule has 4 aromatic rings. The molecule has 0 aliphatic heterocycles. The van der Waals surface area contributed by atoms with Crippen LogP contribution in [0.1, 0.15) is 90.9 Å². The molecule has 0 aromatic carbocycles. The average molecular weight is 585 g/mol. The SMILES string of the molecule is CCCCCCCCOc1ccc(-c2ncc(Oc3cnc(-c4ccc(OCCCCCCCC)nc4)nc3)cn2)cn1. The number of hydrogen-bond donors (Lipinski definition) is 0. The van der Waals surface area contributed by atoms with Crippen molar-refractivity contribution in [1.82, 2.24) is 29.9 Å². The van der Waals surface area contributed by atoms with Crippen molar-refractivity contribution in [2.75, 3.05) is 13.2 Å². The standard InChI is InChI=1S/C34H44N6O3/c1-3-5-7-9-11-13-19-41-31-17-15-27(21-35-31)33-37-23-29(24-38-33)43-30-25-39-34(40-26-30)28-16-18-32(36-22-28)42-20-14-12-10-8-6-4-2/h15-18,21-26H,3-14,19-20H2,1-2H3. The summed E-state index contributed by atoms with van der Waals surface area (Å²) in [6.07, 6.45) is 24.7. The van der Waals surface area contributed by atoms with Crippen molar-refractivity contribution in [3.63, 3.8) is 0 Å². The topological polar surface area (TPSA) is 105 Å². The van der Waals surface area contributed by atoms with Gasteiger partial charge in [0.25, 0.3) is 0 Å². The van der Waals surface area contributed by atoms with E-state index in [0.29, 0.717) is 48.1 Å². The summed E-state index contributed by atoms with van der Waals surface area (Å²) in [6, 6.07) is 7.53. The first-order valence-electron chi connectivity index (χ1n) is 15.8. The molecule has 0 unspecified atom stereocenters. The van der Waals surface area contributed by atoms with Gasteiger partial charge in [0.05, 0.1) is 38.0 Å². The van der Waals surface area contributed by atoms with Gasteiger partial charge in [0.2, 0.25) is 11.8 Å². The molecule has 0 saturated carbocycles. The minimum Gasteiger partial charge on any atom is -0.478 e. The van der Waals surface area contributed by atoms with Crippen molar-refractivity contribution in [2.24, 2.45) is 0 Å². The minimum absolute atomic E-state index is 0.487. The van der Waals surface area contributed by atoms with Crippen molar-refractivity contribution < 1.29 is 14.2 Å². The number of rotatable bonds is 20. The molecule has 4 rings (SSSR count). The molecular formula is C34H44N6O3. The summed E-state index contributed by atoms with van der Waals surface area (Å²) < 4.78 is 17.4. The Morgan fingerprint density at radius 3 is 1.21 bits per heavy atom. The van der Waals surface area contributed by atoms with Gasteiger partial charge >= 0.3 is 0 Å². The van der Waals surface area contributed by atoms with Gasteiger partial charge in [0.1, 0.15) is 0 Å². The molecular weight excluding hydrogens is 540 g/mol.